The van der Waals surface area contributed by atoms with Gasteiger partial charge in [-0.15, -0.1) is 0 Å². The minimum Gasteiger partial charge on any atom is -0.756 e. The van der Waals surface area contributed by atoms with E-state index in [0.29, 0.717) is 17.4 Å². The molecule has 0 aromatic rings. The molecule has 0 aromatic carbocycles. The number of hydrogen-bond acceptors (Lipinski definition) is 8. The van der Waals surface area contributed by atoms with Crippen LogP contribution in [0.4, 0.5) is 0 Å². The molecule has 0 bridgehead atoms. The van der Waals surface area contributed by atoms with Crippen LogP contribution in [0.25, 0.3) is 0 Å². The average molecular weight is 760 g/mol. The van der Waals surface area contributed by atoms with Crippen LogP contribution in [0.5, 0.6) is 0 Å². The van der Waals surface area contributed by atoms with Crippen molar-refractivity contribution in [1.82, 2.24) is 0 Å². The van der Waals surface area contributed by atoms with Crippen molar-refractivity contribution >= 4 is 19.8 Å². The first-order valence-electron chi connectivity index (χ1n) is 21.4. The zero-order valence-corrected chi connectivity index (χ0v) is 35.4. The number of hydrogen-bond donors (Lipinski definition) is 0. The average Bonchev–Trinajstić information content (AvgIpc) is 3.09. The highest BCUT2D eigenvalue weighted by molar-refractivity contribution is 7.45. The van der Waals surface area contributed by atoms with E-state index in [1.54, 1.807) is 0 Å². The largest absolute Gasteiger partial charge is 0.756 e. The summed E-state index contributed by atoms with van der Waals surface area (Å²) in [4.78, 5) is 37.4. The predicted octanol–water partition coefficient (Wildman–Crippen LogP) is 11.2. The third-order valence-electron chi connectivity index (χ3n) is 9.29. The molecule has 0 fully saturated rings. The van der Waals surface area contributed by atoms with E-state index >= 15 is 0 Å². The molecular weight excluding hydrogens is 677 g/mol. The zero-order valence-electron chi connectivity index (χ0n) is 34.5. The van der Waals surface area contributed by atoms with Gasteiger partial charge in [-0.05, 0) is 38.5 Å². The van der Waals surface area contributed by atoms with Gasteiger partial charge in [0.1, 0.15) is 19.8 Å². The van der Waals surface area contributed by atoms with Gasteiger partial charge in [0.15, 0.2) is 6.10 Å². The molecule has 0 spiro atoms. The maximum Gasteiger partial charge on any atom is 0.306 e. The topological polar surface area (TPSA) is 111 Å². The Morgan fingerprint density at radius 1 is 0.577 bits per heavy atom. The van der Waals surface area contributed by atoms with Crippen LogP contribution < -0.4 is 4.89 Å². The van der Waals surface area contributed by atoms with Crippen LogP contribution >= 0.6 is 7.82 Å². The van der Waals surface area contributed by atoms with E-state index < -0.39 is 26.5 Å². The lowest BCUT2D eigenvalue weighted by Crippen LogP contribution is -2.37. The van der Waals surface area contributed by atoms with Gasteiger partial charge < -0.3 is 27.9 Å². The molecule has 308 valence electrons. The summed E-state index contributed by atoms with van der Waals surface area (Å²) in [5.41, 5.74) is 0. The molecule has 0 aliphatic heterocycles. The lowest BCUT2D eigenvalue weighted by Gasteiger charge is -2.28. The van der Waals surface area contributed by atoms with Crippen LogP contribution in [0.1, 0.15) is 194 Å². The predicted molar refractivity (Wildman–Crippen MR) is 213 cm³/mol. The van der Waals surface area contributed by atoms with E-state index in [1.165, 1.54) is 109 Å². The lowest BCUT2D eigenvalue weighted by molar-refractivity contribution is -0.870. The van der Waals surface area contributed by atoms with Crippen LogP contribution in [0.2, 0.25) is 0 Å². The van der Waals surface area contributed by atoms with Crippen LogP contribution in [-0.4, -0.2) is 70.0 Å². The molecule has 0 aliphatic rings. The van der Waals surface area contributed by atoms with E-state index in [2.05, 4.69) is 26.0 Å². The monoisotopic (exact) mass is 760 g/mol. The Balaban J connectivity index is 4.37. The molecule has 0 aliphatic carbocycles. The number of unbranched alkanes of at least 4 members (excludes halogenated alkanes) is 23. The van der Waals surface area contributed by atoms with Gasteiger partial charge in [-0.2, -0.15) is 0 Å². The van der Waals surface area contributed by atoms with Gasteiger partial charge in [-0.1, -0.05) is 154 Å². The quantitative estimate of drug-likeness (QED) is 0.0200. The number of nitrogens with zero attached hydrogens (tertiary/aromatic N) is 1. The normalized spacial score (nSPS) is 13.7. The smallest absolute Gasteiger partial charge is 0.306 e. The van der Waals surface area contributed by atoms with Gasteiger partial charge >= 0.3 is 11.9 Å². The maximum absolute atomic E-state index is 12.6. The maximum atomic E-state index is 12.6. The highest BCUT2D eigenvalue weighted by Gasteiger charge is 2.21. The van der Waals surface area contributed by atoms with Gasteiger partial charge in [0, 0.05) is 12.8 Å². The van der Waals surface area contributed by atoms with Gasteiger partial charge in [0.25, 0.3) is 7.82 Å². The van der Waals surface area contributed by atoms with Crippen molar-refractivity contribution in [2.24, 2.45) is 0 Å². The third-order valence-corrected chi connectivity index (χ3v) is 10.2. The highest BCUT2D eigenvalue weighted by atomic mass is 31.2. The fourth-order valence-electron chi connectivity index (χ4n) is 5.88. The Morgan fingerprint density at radius 3 is 1.42 bits per heavy atom. The first-order valence-corrected chi connectivity index (χ1v) is 22.9. The number of ether oxygens (including phenoxy) is 2. The molecule has 0 radical (unpaired) electrons. The number of rotatable bonds is 39. The standard InChI is InChI=1S/C42H82NO8P/c1-6-8-10-12-14-16-18-20-21-23-24-26-28-30-32-34-41(44)48-38-40(39-50-52(46,47)49-37-36-43(3,4)5)51-42(45)35-33-31-29-27-25-22-19-17-15-13-11-9-7-2/h20-21,40H,6-19,22-39H2,1-5H3/t40-/m1/s1. The summed E-state index contributed by atoms with van der Waals surface area (Å²) in [6.45, 7) is 4.22. The second-order valence-electron chi connectivity index (χ2n) is 15.7. The molecule has 0 N–H and O–H groups in total. The van der Waals surface area contributed by atoms with Gasteiger partial charge in [-0.3, -0.25) is 14.2 Å². The minimum absolute atomic E-state index is 0.0290. The molecule has 0 heterocycles. The highest BCUT2D eigenvalue weighted by Crippen LogP contribution is 2.38. The van der Waals surface area contributed by atoms with Crippen LogP contribution in [-0.2, 0) is 32.7 Å². The fourth-order valence-corrected chi connectivity index (χ4v) is 6.61. The minimum atomic E-state index is -4.62. The number of allylic oxidation sites excluding steroid dienone is 2. The first kappa shape index (κ1) is 50.8. The summed E-state index contributed by atoms with van der Waals surface area (Å²) in [5.74, 6) is -0.837. The SMILES string of the molecule is CCCCCCCCC=CCCCCCCCC(=O)OC[C@H](COP(=O)([O-])OCC[N+](C)(C)C)OC(=O)CCCCCCCCCCCCCCC. The molecule has 52 heavy (non-hydrogen) atoms. The first-order chi connectivity index (χ1) is 25.0. The number of phosphoric ester groups is 1. The Morgan fingerprint density at radius 2 is 0.981 bits per heavy atom. The van der Waals surface area contributed by atoms with Gasteiger partial charge in [0.05, 0.1) is 27.7 Å². The van der Waals surface area contributed by atoms with Crippen LogP contribution in [0.3, 0.4) is 0 Å². The number of likely N-dealkylation sites (N-methyl/N-ethyl adjacent to an activating group) is 1. The molecule has 2 atom stereocenters. The molecular formula is C42H82NO8P. The molecule has 9 nitrogen and oxygen atoms in total. The molecule has 10 heteroatoms. The number of phosphoric acid groups is 1. The molecule has 0 saturated heterocycles. The summed E-state index contributed by atoms with van der Waals surface area (Å²) < 4.78 is 33.8. The van der Waals surface area contributed by atoms with Crippen molar-refractivity contribution < 1.29 is 42.1 Å². The van der Waals surface area contributed by atoms with E-state index in [9.17, 15) is 19.0 Å². The lowest BCUT2D eigenvalue weighted by atomic mass is 10.0. The summed E-state index contributed by atoms with van der Waals surface area (Å²) in [7, 11) is 1.17. The molecule has 0 rings (SSSR count). The Labute approximate surface area is 320 Å². The molecule has 0 amide bonds. The van der Waals surface area contributed by atoms with E-state index in [-0.39, 0.29) is 32.0 Å². The summed E-state index contributed by atoms with van der Waals surface area (Å²) in [6.07, 6.45) is 35.1. The second-order valence-corrected chi connectivity index (χ2v) is 17.1. The van der Waals surface area contributed by atoms with E-state index in [4.69, 9.17) is 18.5 Å². The van der Waals surface area contributed by atoms with Gasteiger partial charge in [-0.25, -0.2) is 0 Å². The number of carbonyl (C=O) groups excluding carboxylic acids is 2. The number of carbonyl (C=O) groups is 2. The number of quaternary nitrogens is 1. The van der Waals surface area contributed by atoms with Crippen LogP contribution in [0.15, 0.2) is 12.2 Å². The summed E-state index contributed by atoms with van der Waals surface area (Å²) in [6, 6.07) is 0. The van der Waals surface area contributed by atoms with Crippen molar-refractivity contribution in [1.29, 1.82) is 0 Å². The Kier molecular flexibility index (Phi) is 34.6. The van der Waals surface area contributed by atoms with Crippen molar-refractivity contribution in [3.63, 3.8) is 0 Å². The van der Waals surface area contributed by atoms with Crippen molar-refractivity contribution in [3.05, 3.63) is 12.2 Å². The van der Waals surface area contributed by atoms with Gasteiger partial charge in [0.2, 0.25) is 0 Å². The van der Waals surface area contributed by atoms with Crippen LogP contribution in [0, 0.1) is 0 Å². The van der Waals surface area contributed by atoms with Crippen molar-refractivity contribution in [2.75, 3.05) is 47.5 Å². The summed E-state index contributed by atoms with van der Waals surface area (Å²) in [5, 5.41) is 0. The zero-order chi connectivity index (χ0) is 38.6. The third kappa shape index (κ3) is 38.5. The summed E-state index contributed by atoms with van der Waals surface area (Å²) >= 11 is 0. The van der Waals surface area contributed by atoms with E-state index in [0.717, 1.165) is 51.4 Å². The second kappa shape index (κ2) is 35.5. The van der Waals surface area contributed by atoms with Crippen molar-refractivity contribution in [3.8, 4) is 0 Å². The Hall–Kier alpha value is -1.25. The fraction of sp³-hybridized carbons (Fsp3) is 0.905. The molecule has 0 aromatic heterocycles. The Bertz CT molecular complexity index is 907. The number of esters is 2. The molecule has 1 unspecified atom stereocenters. The van der Waals surface area contributed by atoms with E-state index in [1.807, 2.05) is 21.1 Å². The van der Waals surface area contributed by atoms with Crippen molar-refractivity contribution in [2.45, 2.75) is 200 Å². The molecule has 0 saturated carbocycles.